The number of phenols is 4. The summed E-state index contributed by atoms with van der Waals surface area (Å²) >= 11 is 0. The van der Waals surface area contributed by atoms with Crippen molar-refractivity contribution in [2.45, 2.75) is 0 Å². The van der Waals surface area contributed by atoms with Gasteiger partial charge in [-0.05, 0) is 36.4 Å². The standard InChI is InChI=1S/C34H26O12/c1-41-21-7-5-15(9-23(21)43-3)33-29(31(39)27-19(37)11-17(35)13-25(27)45-33)30-32(40)28-20(38)12-18(36)14-26(28)46-34(30)16-6-8-22(42-2)24(10-16)44-4/h5-14,35-38H,1-4H3. The summed E-state index contributed by atoms with van der Waals surface area (Å²) in [5.74, 6) is -0.994. The lowest BCUT2D eigenvalue weighted by Gasteiger charge is -2.17. The van der Waals surface area contributed by atoms with Crippen LogP contribution in [0.4, 0.5) is 0 Å². The molecule has 2 aromatic heterocycles. The van der Waals surface area contributed by atoms with E-state index in [1.165, 1.54) is 40.6 Å². The van der Waals surface area contributed by atoms with Crippen LogP contribution in [0.1, 0.15) is 0 Å². The lowest BCUT2D eigenvalue weighted by Crippen LogP contribution is -2.16. The minimum atomic E-state index is -0.852. The first-order valence-corrected chi connectivity index (χ1v) is 13.6. The molecule has 12 nitrogen and oxygen atoms in total. The van der Waals surface area contributed by atoms with E-state index in [9.17, 15) is 30.0 Å². The van der Waals surface area contributed by atoms with Crippen LogP contribution in [0.25, 0.3) is 55.7 Å². The van der Waals surface area contributed by atoms with Crippen LogP contribution in [0, 0.1) is 0 Å². The molecular weight excluding hydrogens is 600 g/mol. The van der Waals surface area contributed by atoms with Gasteiger partial charge in [0.1, 0.15) is 56.5 Å². The zero-order chi connectivity index (χ0) is 32.9. The molecule has 0 saturated carbocycles. The largest absolute Gasteiger partial charge is 0.508 e. The molecule has 0 fully saturated rings. The van der Waals surface area contributed by atoms with Crippen molar-refractivity contribution in [1.29, 1.82) is 0 Å². The van der Waals surface area contributed by atoms with Crippen LogP contribution >= 0.6 is 0 Å². The summed E-state index contributed by atoms with van der Waals surface area (Å²) in [6.45, 7) is 0. The minimum Gasteiger partial charge on any atom is -0.508 e. The summed E-state index contributed by atoms with van der Waals surface area (Å²) in [6, 6.07) is 13.5. The molecular formula is C34H26O12. The van der Waals surface area contributed by atoms with Crippen molar-refractivity contribution in [2.75, 3.05) is 28.4 Å². The van der Waals surface area contributed by atoms with E-state index in [4.69, 9.17) is 27.8 Å². The maximum atomic E-state index is 14.5. The van der Waals surface area contributed by atoms with Gasteiger partial charge in [0.2, 0.25) is 10.9 Å². The number of hydrogen-bond donors (Lipinski definition) is 4. The molecule has 12 heteroatoms. The monoisotopic (exact) mass is 626 g/mol. The van der Waals surface area contributed by atoms with Crippen LogP contribution in [-0.2, 0) is 0 Å². The molecule has 0 saturated heterocycles. The quantitative estimate of drug-likeness (QED) is 0.169. The van der Waals surface area contributed by atoms with Crippen LogP contribution in [0.3, 0.4) is 0 Å². The average molecular weight is 627 g/mol. The van der Waals surface area contributed by atoms with Crippen molar-refractivity contribution in [1.82, 2.24) is 0 Å². The number of fused-ring (bicyclic) bond motifs is 2. The van der Waals surface area contributed by atoms with E-state index in [1.807, 2.05) is 0 Å². The van der Waals surface area contributed by atoms with Crippen LogP contribution in [0.2, 0.25) is 0 Å². The fraction of sp³-hybridized carbons (Fsp3) is 0.118. The van der Waals surface area contributed by atoms with Gasteiger partial charge in [-0.2, -0.15) is 0 Å². The van der Waals surface area contributed by atoms with Gasteiger partial charge in [-0.1, -0.05) is 0 Å². The highest BCUT2D eigenvalue weighted by Crippen LogP contribution is 2.44. The van der Waals surface area contributed by atoms with E-state index >= 15 is 0 Å². The van der Waals surface area contributed by atoms with Gasteiger partial charge < -0.3 is 48.2 Å². The van der Waals surface area contributed by atoms with Gasteiger partial charge in [-0.3, -0.25) is 9.59 Å². The Bertz CT molecular complexity index is 2140. The average Bonchev–Trinajstić information content (AvgIpc) is 3.03. The predicted octanol–water partition coefficient (Wildman–Crippen LogP) is 5.76. The van der Waals surface area contributed by atoms with Crippen LogP contribution in [0.15, 0.2) is 79.1 Å². The number of aromatic hydroxyl groups is 4. The molecule has 0 bridgehead atoms. The molecule has 0 aliphatic carbocycles. The lowest BCUT2D eigenvalue weighted by atomic mass is 9.93. The Hall–Kier alpha value is -6.30. The fourth-order valence-corrected chi connectivity index (χ4v) is 5.38. The maximum Gasteiger partial charge on any atom is 0.205 e. The van der Waals surface area contributed by atoms with Crippen molar-refractivity contribution in [3.05, 3.63) is 81.1 Å². The Kier molecular flexibility index (Phi) is 7.32. The fourth-order valence-electron chi connectivity index (χ4n) is 5.38. The molecule has 0 spiro atoms. The summed E-state index contributed by atoms with van der Waals surface area (Å²) in [5.41, 5.74) is -2.24. The van der Waals surface area contributed by atoms with E-state index in [0.29, 0.717) is 11.5 Å². The van der Waals surface area contributed by atoms with Crippen molar-refractivity contribution >= 4 is 21.9 Å². The van der Waals surface area contributed by atoms with E-state index in [2.05, 4.69) is 0 Å². The van der Waals surface area contributed by atoms with Gasteiger partial charge in [-0.15, -0.1) is 0 Å². The normalized spacial score (nSPS) is 11.1. The number of hydrogen-bond acceptors (Lipinski definition) is 12. The molecule has 0 atom stereocenters. The van der Waals surface area contributed by atoms with Gasteiger partial charge in [0.15, 0.2) is 23.0 Å². The second kappa shape index (κ2) is 11.3. The molecule has 0 amide bonds. The first-order chi connectivity index (χ1) is 22.1. The first kappa shape index (κ1) is 29.8. The summed E-state index contributed by atoms with van der Waals surface area (Å²) in [5, 5.41) is 41.3. The number of rotatable bonds is 7. The third-order valence-electron chi connectivity index (χ3n) is 7.46. The molecule has 6 aromatic rings. The van der Waals surface area contributed by atoms with Crippen molar-refractivity contribution in [3.8, 4) is 79.8 Å². The van der Waals surface area contributed by atoms with E-state index in [0.717, 1.165) is 24.3 Å². The maximum absolute atomic E-state index is 14.5. The number of benzene rings is 4. The van der Waals surface area contributed by atoms with Crippen molar-refractivity contribution < 1.29 is 48.2 Å². The van der Waals surface area contributed by atoms with Gasteiger partial charge in [0.05, 0.1) is 39.6 Å². The third kappa shape index (κ3) is 4.72. The third-order valence-corrected chi connectivity index (χ3v) is 7.46. The Morgan fingerprint density at radius 2 is 0.870 bits per heavy atom. The molecule has 4 N–H and O–H groups in total. The first-order valence-electron chi connectivity index (χ1n) is 13.6. The smallest absolute Gasteiger partial charge is 0.205 e. The summed E-state index contributed by atoms with van der Waals surface area (Å²) in [6.07, 6.45) is 0. The molecule has 4 aromatic carbocycles. The Labute approximate surface area is 259 Å². The van der Waals surface area contributed by atoms with Gasteiger partial charge in [0.25, 0.3) is 0 Å². The minimum absolute atomic E-state index is 0.157. The zero-order valence-electron chi connectivity index (χ0n) is 24.8. The van der Waals surface area contributed by atoms with Gasteiger partial charge >= 0.3 is 0 Å². The van der Waals surface area contributed by atoms with Crippen LogP contribution < -0.4 is 29.8 Å². The van der Waals surface area contributed by atoms with E-state index < -0.39 is 22.4 Å². The summed E-state index contributed by atoms with van der Waals surface area (Å²) in [4.78, 5) is 29.0. The predicted molar refractivity (Wildman–Crippen MR) is 168 cm³/mol. The highest BCUT2D eigenvalue weighted by molar-refractivity contribution is 5.99. The molecule has 46 heavy (non-hydrogen) atoms. The highest BCUT2D eigenvalue weighted by atomic mass is 16.5. The Morgan fingerprint density at radius 1 is 0.500 bits per heavy atom. The van der Waals surface area contributed by atoms with Gasteiger partial charge in [-0.25, -0.2) is 0 Å². The second-order valence-electron chi connectivity index (χ2n) is 10.1. The number of methoxy groups -OCH3 is 4. The highest BCUT2D eigenvalue weighted by Gasteiger charge is 2.29. The molecule has 0 radical (unpaired) electrons. The lowest BCUT2D eigenvalue weighted by molar-refractivity contribution is 0.355. The van der Waals surface area contributed by atoms with E-state index in [1.54, 1.807) is 24.3 Å². The molecule has 234 valence electrons. The van der Waals surface area contributed by atoms with Crippen molar-refractivity contribution in [3.63, 3.8) is 0 Å². The SMILES string of the molecule is COc1ccc(-c2oc3cc(O)cc(O)c3c(=O)c2-c2c(-c3ccc(OC)c(OC)c3)oc3cc(O)cc(O)c3c2=O)cc1OC. The van der Waals surface area contributed by atoms with E-state index in [-0.39, 0.29) is 78.7 Å². The molecule has 0 aliphatic rings. The number of phenolic OH excluding ortho intramolecular Hbond substituents is 4. The molecule has 0 aliphatic heterocycles. The summed E-state index contributed by atoms with van der Waals surface area (Å²) < 4.78 is 34.0. The number of ether oxygens (including phenoxy) is 4. The molecule has 2 heterocycles. The molecule has 0 unspecified atom stereocenters. The van der Waals surface area contributed by atoms with Crippen LogP contribution in [-0.4, -0.2) is 48.9 Å². The second-order valence-corrected chi connectivity index (χ2v) is 10.1. The van der Waals surface area contributed by atoms with Crippen molar-refractivity contribution in [2.24, 2.45) is 0 Å². The Morgan fingerprint density at radius 3 is 1.22 bits per heavy atom. The Balaban J connectivity index is 1.84. The topological polar surface area (TPSA) is 178 Å². The van der Waals surface area contributed by atoms with Gasteiger partial charge in [0, 0.05) is 35.4 Å². The van der Waals surface area contributed by atoms with Crippen LogP contribution in [0.5, 0.6) is 46.0 Å². The zero-order valence-corrected chi connectivity index (χ0v) is 24.8. The molecule has 6 rings (SSSR count). The summed E-state index contributed by atoms with van der Waals surface area (Å²) in [7, 11) is 5.73.